The van der Waals surface area contributed by atoms with Crippen molar-refractivity contribution in [1.82, 2.24) is 0 Å². The summed E-state index contributed by atoms with van der Waals surface area (Å²) in [6.45, 7) is 0. The van der Waals surface area contributed by atoms with Gasteiger partial charge in [0.15, 0.2) is 11.5 Å². The van der Waals surface area contributed by atoms with Crippen LogP contribution in [0.1, 0.15) is 0 Å². The van der Waals surface area contributed by atoms with E-state index in [2.05, 4.69) is 0 Å². The van der Waals surface area contributed by atoms with E-state index >= 15 is 0 Å². The third-order valence-electron chi connectivity index (χ3n) is 4.62. The third-order valence-corrected chi connectivity index (χ3v) is 8.47. The minimum atomic E-state index is -4.38. The number of hydrogen-bond acceptors (Lipinski definition) is 8. The molecule has 0 spiro atoms. The summed E-state index contributed by atoms with van der Waals surface area (Å²) in [4.78, 5) is -0.566. The lowest BCUT2D eigenvalue weighted by Crippen LogP contribution is -2.13. The molecule has 0 aliphatic carbocycles. The minimum absolute atomic E-state index is 0.157. The van der Waals surface area contributed by atoms with Crippen LogP contribution in [0.15, 0.2) is 106 Å². The predicted molar refractivity (Wildman–Crippen MR) is 125 cm³/mol. The number of rotatable bonds is 7. The molecule has 0 aromatic heterocycles. The van der Waals surface area contributed by atoms with Gasteiger partial charge in [0.2, 0.25) is 0 Å². The highest BCUT2D eigenvalue weighted by Gasteiger charge is 2.24. The topological polar surface area (TPSA) is 121 Å². The van der Waals surface area contributed by atoms with Gasteiger partial charge in [0, 0.05) is 10.7 Å². The molecule has 0 bridgehead atoms. The first kappa shape index (κ1) is 24.0. The van der Waals surface area contributed by atoms with Gasteiger partial charge in [-0.15, -0.1) is 0 Å². The van der Waals surface area contributed by atoms with Crippen LogP contribution in [-0.4, -0.2) is 25.3 Å². The van der Waals surface area contributed by atoms with Crippen molar-refractivity contribution in [3.63, 3.8) is 0 Å². The Labute approximate surface area is 201 Å². The zero-order chi connectivity index (χ0) is 24.6. The van der Waals surface area contributed by atoms with Crippen molar-refractivity contribution in [2.24, 2.45) is 0 Å². The van der Waals surface area contributed by atoms with Crippen LogP contribution < -0.4 is 8.37 Å². The second kappa shape index (κ2) is 8.91. The molecule has 0 saturated heterocycles. The SMILES string of the molecule is O=S(=O)(Cl)c1ccc2cc(OS(=O)(=O)c3ccccc3)c(OS(=O)(=O)c3ccccc3)cc2c1. The number of benzene rings is 4. The molecule has 0 radical (unpaired) electrons. The molecule has 0 amide bonds. The van der Waals surface area contributed by atoms with Crippen molar-refractivity contribution in [2.75, 3.05) is 0 Å². The van der Waals surface area contributed by atoms with Crippen LogP contribution in [0.25, 0.3) is 10.8 Å². The van der Waals surface area contributed by atoms with E-state index in [1.165, 1.54) is 72.8 Å². The quantitative estimate of drug-likeness (QED) is 0.252. The Balaban J connectivity index is 1.87. The summed E-state index contributed by atoms with van der Waals surface area (Å²) in [6.07, 6.45) is 0. The van der Waals surface area contributed by atoms with E-state index < -0.39 is 40.8 Å². The van der Waals surface area contributed by atoms with Crippen molar-refractivity contribution in [2.45, 2.75) is 14.7 Å². The molecule has 4 rings (SSSR count). The van der Waals surface area contributed by atoms with Crippen LogP contribution >= 0.6 is 10.7 Å². The van der Waals surface area contributed by atoms with Crippen LogP contribution in [0.5, 0.6) is 11.5 Å². The van der Waals surface area contributed by atoms with E-state index in [0.717, 1.165) is 6.07 Å². The summed E-state index contributed by atoms with van der Waals surface area (Å²) in [5, 5.41) is 0.580. The van der Waals surface area contributed by atoms with Crippen molar-refractivity contribution in [1.29, 1.82) is 0 Å². The Morgan fingerprint density at radius 2 is 0.941 bits per heavy atom. The highest BCUT2D eigenvalue weighted by molar-refractivity contribution is 8.13. The smallest absolute Gasteiger partial charge is 0.339 e. The van der Waals surface area contributed by atoms with Gasteiger partial charge in [-0.05, 0) is 59.3 Å². The van der Waals surface area contributed by atoms with Gasteiger partial charge in [0.25, 0.3) is 9.05 Å². The molecule has 0 atom stereocenters. The minimum Gasteiger partial charge on any atom is -0.375 e. The lowest BCUT2D eigenvalue weighted by atomic mass is 10.1. The first-order valence-electron chi connectivity index (χ1n) is 9.47. The monoisotopic (exact) mass is 538 g/mol. The number of halogens is 1. The molecule has 0 N–H and O–H groups in total. The summed E-state index contributed by atoms with van der Waals surface area (Å²) in [5.74, 6) is -0.864. The molecule has 12 heteroatoms. The summed E-state index contributed by atoms with van der Waals surface area (Å²) in [7, 11) is -7.39. The largest absolute Gasteiger partial charge is 0.375 e. The molecule has 0 saturated carbocycles. The molecule has 8 nitrogen and oxygen atoms in total. The maximum Gasteiger partial charge on any atom is 0.339 e. The Hall–Kier alpha value is -3.12. The summed E-state index contributed by atoms with van der Waals surface area (Å²) in [6, 6.07) is 20.7. The third kappa shape index (κ3) is 5.17. The normalized spacial score (nSPS) is 12.4. The standard InChI is InChI=1S/C22H15ClO8S3/c23-32(24,25)20-12-11-16-14-21(30-33(26,27)18-7-3-1-4-8-18)22(15-17(16)13-20)31-34(28,29)19-9-5-2-6-10-19/h1-15H. The molecule has 4 aromatic rings. The van der Waals surface area contributed by atoms with E-state index in [-0.39, 0.29) is 20.1 Å². The average Bonchev–Trinajstić information content (AvgIpc) is 2.79. The zero-order valence-electron chi connectivity index (χ0n) is 17.0. The molecule has 0 fully saturated rings. The molecule has 0 unspecified atom stereocenters. The van der Waals surface area contributed by atoms with E-state index in [1.54, 1.807) is 12.1 Å². The highest BCUT2D eigenvalue weighted by Crippen LogP contribution is 2.37. The molecule has 176 valence electrons. The fourth-order valence-electron chi connectivity index (χ4n) is 3.02. The summed E-state index contributed by atoms with van der Waals surface area (Å²) < 4.78 is 85.1. The van der Waals surface area contributed by atoms with Crippen molar-refractivity contribution >= 4 is 50.7 Å². The lowest BCUT2D eigenvalue weighted by Gasteiger charge is -2.14. The van der Waals surface area contributed by atoms with Crippen molar-refractivity contribution in [3.8, 4) is 11.5 Å². The second-order valence-corrected chi connectivity index (χ2v) is 12.6. The van der Waals surface area contributed by atoms with E-state index in [9.17, 15) is 25.3 Å². The summed E-state index contributed by atoms with van der Waals surface area (Å²) >= 11 is 0. The van der Waals surface area contributed by atoms with Gasteiger partial charge in [-0.1, -0.05) is 42.5 Å². The van der Waals surface area contributed by atoms with Gasteiger partial charge in [-0.2, -0.15) is 16.8 Å². The fraction of sp³-hybridized carbons (Fsp3) is 0. The fourth-order valence-corrected chi connectivity index (χ4v) is 5.72. The predicted octanol–water partition coefficient (Wildman–Crippen LogP) is 4.30. The number of hydrogen-bond donors (Lipinski definition) is 0. The van der Waals surface area contributed by atoms with Gasteiger partial charge >= 0.3 is 20.2 Å². The van der Waals surface area contributed by atoms with Gasteiger partial charge < -0.3 is 8.37 Å². The Morgan fingerprint density at radius 1 is 0.500 bits per heavy atom. The van der Waals surface area contributed by atoms with Crippen LogP contribution in [-0.2, 0) is 29.3 Å². The molecule has 0 heterocycles. The van der Waals surface area contributed by atoms with E-state index in [0.29, 0.717) is 5.39 Å². The highest BCUT2D eigenvalue weighted by atomic mass is 35.7. The Bertz CT molecular complexity index is 1690. The van der Waals surface area contributed by atoms with E-state index in [4.69, 9.17) is 19.0 Å². The van der Waals surface area contributed by atoms with Gasteiger partial charge in [-0.25, -0.2) is 8.42 Å². The maximum atomic E-state index is 12.8. The average molecular weight is 539 g/mol. The Morgan fingerprint density at radius 3 is 1.38 bits per heavy atom. The van der Waals surface area contributed by atoms with E-state index in [1.807, 2.05) is 0 Å². The molecular weight excluding hydrogens is 524 g/mol. The van der Waals surface area contributed by atoms with Crippen LogP contribution in [0.2, 0.25) is 0 Å². The second-order valence-electron chi connectivity index (χ2n) is 6.95. The zero-order valence-corrected chi connectivity index (χ0v) is 20.2. The lowest BCUT2D eigenvalue weighted by molar-refractivity contribution is 0.450. The molecule has 0 aliphatic heterocycles. The molecule has 4 aromatic carbocycles. The molecule has 34 heavy (non-hydrogen) atoms. The maximum absolute atomic E-state index is 12.8. The summed E-state index contributed by atoms with van der Waals surface area (Å²) in [5.41, 5.74) is 0. The van der Waals surface area contributed by atoms with Gasteiger partial charge in [0.05, 0.1) is 4.90 Å². The molecular formula is C22H15ClO8S3. The van der Waals surface area contributed by atoms with Crippen LogP contribution in [0.4, 0.5) is 0 Å². The first-order chi connectivity index (χ1) is 16.0. The van der Waals surface area contributed by atoms with Crippen LogP contribution in [0, 0.1) is 0 Å². The van der Waals surface area contributed by atoms with Gasteiger partial charge in [-0.3, -0.25) is 0 Å². The van der Waals surface area contributed by atoms with Gasteiger partial charge in [0.1, 0.15) is 9.79 Å². The Kier molecular flexibility index (Phi) is 6.30. The van der Waals surface area contributed by atoms with Crippen molar-refractivity contribution < 1.29 is 33.6 Å². The van der Waals surface area contributed by atoms with Crippen molar-refractivity contribution in [3.05, 3.63) is 91.0 Å². The van der Waals surface area contributed by atoms with Crippen LogP contribution in [0.3, 0.4) is 0 Å². The first-order valence-corrected chi connectivity index (χ1v) is 14.6. The molecule has 0 aliphatic rings. The number of fused-ring (bicyclic) bond motifs is 1.